The van der Waals surface area contributed by atoms with Crippen molar-refractivity contribution in [3.05, 3.63) is 30.3 Å². The van der Waals surface area contributed by atoms with E-state index in [-0.39, 0.29) is 0 Å². The van der Waals surface area contributed by atoms with Crippen molar-refractivity contribution in [2.45, 2.75) is 6.92 Å². The Morgan fingerprint density at radius 2 is 1.89 bits per heavy atom. The molecule has 0 saturated carbocycles. The summed E-state index contributed by atoms with van der Waals surface area (Å²) in [7, 11) is 0. The van der Waals surface area contributed by atoms with Crippen molar-refractivity contribution in [3.8, 4) is 0 Å². The van der Waals surface area contributed by atoms with Gasteiger partial charge in [0.25, 0.3) is 0 Å². The molecule has 2 rings (SSSR count). The Hall–Kier alpha value is -1.88. The van der Waals surface area contributed by atoms with Crippen molar-refractivity contribution in [2.75, 3.05) is 26.3 Å². The highest BCUT2D eigenvalue weighted by atomic mass is 16.5. The van der Waals surface area contributed by atoms with Crippen LogP contribution < -0.4 is 5.73 Å². The number of benzene rings is 1. The zero-order valence-electron chi connectivity index (χ0n) is 10.5. The van der Waals surface area contributed by atoms with Crippen LogP contribution in [-0.2, 0) is 4.74 Å². The molecule has 1 aromatic rings. The first kappa shape index (κ1) is 12.6. The van der Waals surface area contributed by atoms with Crippen molar-refractivity contribution >= 4 is 17.5 Å². The third-order valence-electron chi connectivity index (χ3n) is 2.56. The van der Waals surface area contributed by atoms with Gasteiger partial charge in [0, 0.05) is 13.1 Å². The second-order valence-electron chi connectivity index (χ2n) is 4.10. The highest BCUT2D eigenvalue weighted by Gasteiger charge is 2.14. The van der Waals surface area contributed by atoms with E-state index in [2.05, 4.69) is 14.9 Å². The maximum Gasteiger partial charge on any atom is 0.227 e. The first-order valence-electron chi connectivity index (χ1n) is 6.03. The number of nitrogens with zero attached hydrogens (tertiary/aromatic N) is 3. The normalized spacial score (nSPS) is 17.9. The molecular formula is C13H18N4O. The Balaban J connectivity index is 2.24. The van der Waals surface area contributed by atoms with Crippen LogP contribution in [0.3, 0.4) is 0 Å². The predicted molar refractivity (Wildman–Crippen MR) is 73.2 cm³/mol. The molecule has 5 nitrogen and oxygen atoms in total. The Morgan fingerprint density at radius 1 is 1.22 bits per heavy atom. The van der Waals surface area contributed by atoms with Gasteiger partial charge in [-0.1, -0.05) is 18.2 Å². The van der Waals surface area contributed by atoms with Gasteiger partial charge in [-0.25, -0.2) is 9.98 Å². The van der Waals surface area contributed by atoms with Gasteiger partial charge in [-0.2, -0.15) is 0 Å². The van der Waals surface area contributed by atoms with Crippen LogP contribution in [0.5, 0.6) is 0 Å². The lowest BCUT2D eigenvalue weighted by Crippen LogP contribution is -2.40. The Bertz CT molecular complexity index is 432. The molecule has 18 heavy (non-hydrogen) atoms. The third kappa shape index (κ3) is 3.56. The molecule has 1 aromatic carbocycles. The minimum atomic E-state index is 0.510. The van der Waals surface area contributed by atoms with E-state index in [9.17, 15) is 0 Å². The van der Waals surface area contributed by atoms with E-state index < -0.39 is 0 Å². The first-order valence-corrected chi connectivity index (χ1v) is 6.03. The number of morpholine rings is 1. The van der Waals surface area contributed by atoms with Crippen molar-refractivity contribution in [3.63, 3.8) is 0 Å². The summed E-state index contributed by atoms with van der Waals surface area (Å²) in [6, 6.07) is 9.76. The zero-order valence-corrected chi connectivity index (χ0v) is 10.5. The molecule has 0 amide bonds. The summed E-state index contributed by atoms with van der Waals surface area (Å²) in [6.07, 6.45) is 0. The van der Waals surface area contributed by atoms with Gasteiger partial charge < -0.3 is 15.4 Å². The van der Waals surface area contributed by atoms with Crippen LogP contribution in [0.1, 0.15) is 6.92 Å². The molecule has 0 aliphatic carbocycles. The van der Waals surface area contributed by atoms with E-state index >= 15 is 0 Å². The summed E-state index contributed by atoms with van der Waals surface area (Å²) in [5.41, 5.74) is 6.54. The highest BCUT2D eigenvalue weighted by Crippen LogP contribution is 2.12. The standard InChI is InChI=1S/C13H18N4O/c1-11(14)15-13(17-7-9-18-10-8-17)16-12-5-3-2-4-6-12/h2-6H,7-10H2,1H3,(H2,14,15,16). The number of guanidine groups is 1. The van der Waals surface area contributed by atoms with E-state index in [0.29, 0.717) is 25.0 Å². The van der Waals surface area contributed by atoms with E-state index in [1.165, 1.54) is 0 Å². The van der Waals surface area contributed by atoms with Gasteiger partial charge in [-0.3, -0.25) is 0 Å². The molecule has 0 atom stereocenters. The third-order valence-corrected chi connectivity index (χ3v) is 2.56. The molecule has 96 valence electrons. The summed E-state index contributed by atoms with van der Waals surface area (Å²) < 4.78 is 5.33. The molecule has 1 heterocycles. The molecular weight excluding hydrogens is 228 g/mol. The second-order valence-corrected chi connectivity index (χ2v) is 4.10. The van der Waals surface area contributed by atoms with Crippen molar-refractivity contribution in [1.82, 2.24) is 4.90 Å². The summed E-state index contributed by atoms with van der Waals surface area (Å²) in [4.78, 5) is 10.9. The molecule has 1 saturated heterocycles. The lowest BCUT2D eigenvalue weighted by Gasteiger charge is -2.27. The summed E-state index contributed by atoms with van der Waals surface area (Å²) in [6.45, 7) is 4.76. The Kier molecular flexibility index (Phi) is 4.30. The van der Waals surface area contributed by atoms with Gasteiger partial charge in [-0.15, -0.1) is 0 Å². The smallest absolute Gasteiger partial charge is 0.227 e. The SMILES string of the molecule is CC(N)=NC(=Nc1ccccc1)N1CCOCC1. The van der Waals surface area contributed by atoms with Crippen LogP contribution in [0.2, 0.25) is 0 Å². The van der Waals surface area contributed by atoms with Gasteiger partial charge in [0.15, 0.2) is 0 Å². The summed E-state index contributed by atoms with van der Waals surface area (Å²) in [5.74, 6) is 1.17. The predicted octanol–water partition coefficient (Wildman–Crippen LogP) is 1.38. The maximum absolute atomic E-state index is 5.66. The number of para-hydroxylation sites is 1. The Morgan fingerprint density at radius 3 is 2.50 bits per heavy atom. The second kappa shape index (κ2) is 6.16. The quantitative estimate of drug-likeness (QED) is 0.601. The van der Waals surface area contributed by atoms with Crippen LogP contribution >= 0.6 is 0 Å². The number of ether oxygens (including phenoxy) is 1. The minimum Gasteiger partial charge on any atom is -0.387 e. The van der Waals surface area contributed by atoms with Gasteiger partial charge >= 0.3 is 0 Å². The maximum atomic E-state index is 5.66. The van der Waals surface area contributed by atoms with E-state index in [4.69, 9.17) is 10.5 Å². The van der Waals surface area contributed by atoms with Crippen LogP contribution in [0.25, 0.3) is 0 Å². The van der Waals surface area contributed by atoms with Gasteiger partial charge in [-0.05, 0) is 19.1 Å². The van der Waals surface area contributed by atoms with E-state index in [1.807, 2.05) is 30.3 Å². The van der Waals surface area contributed by atoms with Crippen molar-refractivity contribution < 1.29 is 4.74 Å². The van der Waals surface area contributed by atoms with Crippen LogP contribution in [0, 0.1) is 0 Å². The number of hydrogen-bond donors (Lipinski definition) is 1. The fourth-order valence-electron chi connectivity index (χ4n) is 1.71. The molecule has 1 aliphatic rings. The van der Waals surface area contributed by atoms with Gasteiger partial charge in [0.05, 0.1) is 24.7 Å². The number of nitrogens with two attached hydrogens (primary N) is 1. The zero-order chi connectivity index (χ0) is 12.8. The molecule has 1 aliphatic heterocycles. The topological polar surface area (TPSA) is 63.2 Å². The number of rotatable bonds is 1. The van der Waals surface area contributed by atoms with E-state index in [0.717, 1.165) is 18.8 Å². The fourth-order valence-corrected chi connectivity index (χ4v) is 1.71. The molecule has 1 fully saturated rings. The first-order chi connectivity index (χ1) is 8.75. The lowest BCUT2D eigenvalue weighted by atomic mass is 10.3. The molecule has 5 heteroatoms. The average molecular weight is 246 g/mol. The largest absolute Gasteiger partial charge is 0.387 e. The number of hydrogen-bond acceptors (Lipinski definition) is 2. The van der Waals surface area contributed by atoms with Gasteiger partial charge in [0.2, 0.25) is 5.96 Å². The average Bonchev–Trinajstić information content (AvgIpc) is 2.40. The number of aliphatic imine (C=N–C) groups is 2. The van der Waals surface area contributed by atoms with Gasteiger partial charge in [0.1, 0.15) is 0 Å². The highest BCUT2D eigenvalue weighted by molar-refractivity contribution is 5.95. The van der Waals surface area contributed by atoms with E-state index in [1.54, 1.807) is 6.92 Å². The molecule has 2 N–H and O–H groups in total. The summed E-state index contributed by atoms with van der Waals surface area (Å²) >= 11 is 0. The molecule has 0 unspecified atom stereocenters. The Labute approximate surface area is 107 Å². The summed E-state index contributed by atoms with van der Waals surface area (Å²) in [5, 5.41) is 0. The lowest BCUT2D eigenvalue weighted by molar-refractivity contribution is 0.0676. The minimum absolute atomic E-state index is 0.510. The van der Waals surface area contributed by atoms with Crippen LogP contribution in [0.4, 0.5) is 5.69 Å². The molecule has 0 bridgehead atoms. The fraction of sp³-hybridized carbons (Fsp3) is 0.385. The molecule has 0 aromatic heterocycles. The number of amidine groups is 1. The molecule has 0 radical (unpaired) electrons. The van der Waals surface area contributed by atoms with Crippen molar-refractivity contribution in [1.29, 1.82) is 0 Å². The van der Waals surface area contributed by atoms with Crippen LogP contribution in [0.15, 0.2) is 40.3 Å². The van der Waals surface area contributed by atoms with Crippen molar-refractivity contribution in [2.24, 2.45) is 15.7 Å². The monoisotopic (exact) mass is 246 g/mol. The molecule has 0 spiro atoms. The van der Waals surface area contributed by atoms with Crippen LogP contribution in [-0.4, -0.2) is 43.0 Å².